The summed E-state index contributed by atoms with van der Waals surface area (Å²) in [4.78, 5) is 0. The smallest absolute Gasteiger partial charge is 0.0494 e. The van der Waals surface area contributed by atoms with Crippen molar-refractivity contribution in [1.82, 2.24) is 5.32 Å². The molecule has 0 radical (unpaired) electrons. The Labute approximate surface area is 234 Å². The van der Waals surface area contributed by atoms with E-state index in [1.165, 1.54) is 154 Å². The Balaban J connectivity index is 3.84. The molecular formula is C34H71NO2. The molecule has 0 saturated heterocycles. The van der Waals surface area contributed by atoms with Gasteiger partial charge >= 0.3 is 0 Å². The second kappa shape index (κ2) is 33.9. The highest BCUT2D eigenvalue weighted by Gasteiger charge is 2.09. The summed E-state index contributed by atoms with van der Waals surface area (Å²) in [7, 11) is 0. The van der Waals surface area contributed by atoms with Gasteiger partial charge in [-0.15, -0.1) is 0 Å². The minimum Gasteiger partial charge on any atom is -0.396 e. The molecule has 0 heterocycles. The standard InChI is InChI=1S/C34H71NO2/c1-3-5-7-9-11-13-14-16-18-22-28-34(27-21-17-15-12-10-8-6-4-2)33-37-32-26-20-19-23-29-35-30-24-25-31-36/h34-36H,3-33H2,1-2H3. The zero-order chi connectivity index (χ0) is 26.9. The monoisotopic (exact) mass is 526 g/mol. The van der Waals surface area contributed by atoms with Crippen molar-refractivity contribution in [3.8, 4) is 0 Å². The van der Waals surface area contributed by atoms with Gasteiger partial charge in [-0.3, -0.25) is 0 Å². The molecule has 2 N–H and O–H groups in total. The molecule has 0 amide bonds. The summed E-state index contributed by atoms with van der Waals surface area (Å²) in [6.07, 6.45) is 35.5. The van der Waals surface area contributed by atoms with Crippen LogP contribution in [0.25, 0.3) is 0 Å². The second-order valence-corrected chi connectivity index (χ2v) is 11.8. The maximum Gasteiger partial charge on any atom is 0.0494 e. The summed E-state index contributed by atoms with van der Waals surface area (Å²) < 4.78 is 6.19. The van der Waals surface area contributed by atoms with Crippen molar-refractivity contribution in [3.63, 3.8) is 0 Å². The average Bonchev–Trinajstić information content (AvgIpc) is 2.91. The highest BCUT2D eigenvalue weighted by molar-refractivity contribution is 4.61. The fourth-order valence-corrected chi connectivity index (χ4v) is 5.34. The van der Waals surface area contributed by atoms with E-state index in [0.717, 1.165) is 45.1 Å². The van der Waals surface area contributed by atoms with E-state index in [9.17, 15) is 0 Å². The van der Waals surface area contributed by atoms with E-state index < -0.39 is 0 Å². The molecule has 0 aliphatic heterocycles. The number of hydrogen-bond acceptors (Lipinski definition) is 3. The predicted molar refractivity (Wildman–Crippen MR) is 166 cm³/mol. The molecule has 0 aromatic heterocycles. The van der Waals surface area contributed by atoms with E-state index in [1.807, 2.05) is 0 Å². The molecule has 3 nitrogen and oxygen atoms in total. The van der Waals surface area contributed by atoms with Crippen molar-refractivity contribution in [3.05, 3.63) is 0 Å². The molecule has 0 aliphatic carbocycles. The second-order valence-electron chi connectivity index (χ2n) is 11.8. The van der Waals surface area contributed by atoms with Gasteiger partial charge in [-0.1, -0.05) is 142 Å². The van der Waals surface area contributed by atoms with E-state index in [0.29, 0.717) is 6.61 Å². The van der Waals surface area contributed by atoms with Gasteiger partial charge in [0.2, 0.25) is 0 Å². The lowest BCUT2D eigenvalue weighted by Crippen LogP contribution is -2.16. The molecule has 0 fully saturated rings. The maximum absolute atomic E-state index is 8.81. The minimum atomic E-state index is 0.320. The molecule has 0 aromatic carbocycles. The van der Waals surface area contributed by atoms with Crippen LogP contribution >= 0.6 is 0 Å². The SMILES string of the molecule is CCCCCCCCCCCCC(CCCCCCCCCC)COCCCCCCNCCCCO. The van der Waals surface area contributed by atoms with Gasteiger partial charge in [-0.25, -0.2) is 0 Å². The van der Waals surface area contributed by atoms with Crippen molar-refractivity contribution in [2.24, 2.45) is 5.92 Å². The topological polar surface area (TPSA) is 41.5 Å². The zero-order valence-electron chi connectivity index (χ0n) is 25.9. The van der Waals surface area contributed by atoms with Crippen LogP contribution in [0.5, 0.6) is 0 Å². The molecule has 0 bridgehead atoms. The molecule has 0 aliphatic rings. The molecule has 1 unspecified atom stereocenters. The van der Waals surface area contributed by atoms with Crippen molar-refractivity contribution >= 4 is 0 Å². The Morgan fingerprint density at radius 3 is 1.38 bits per heavy atom. The van der Waals surface area contributed by atoms with Gasteiger partial charge in [0, 0.05) is 19.8 Å². The van der Waals surface area contributed by atoms with Crippen LogP contribution in [0, 0.1) is 5.92 Å². The molecule has 0 rings (SSSR count). The maximum atomic E-state index is 8.81. The van der Waals surface area contributed by atoms with Crippen molar-refractivity contribution in [2.75, 3.05) is 32.9 Å². The third-order valence-electron chi connectivity index (χ3n) is 7.94. The number of hydrogen-bond donors (Lipinski definition) is 2. The van der Waals surface area contributed by atoms with Gasteiger partial charge in [0.1, 0.15) is 0 Å². The molecule has 1 atom stereocenters. The Hall–Kier alpha value is -0.120. The number of ether oxygens (including phenoxy) is 1. The first-order chi connectivity index (χ1) is 18.3. The molecular weight excluding hydrogens is 454 g/mol. The van der Waals surface area contributed by atoms with Gasteiger partial charge in [-0.05, 0) is 57.5 Å². The lowest BCUT2D eigenvalue weighted by Gasteiger charge is -2.17. The number of aliphatic hydroxyl groups excluding tert-OH is 1. The van der Waals surface area contributed by atoms with Crippen molar-refractivity contribution in [1.29, 1.82) is 0 Å². The summed E-state index contributed by atoms with van der Waals surface area (Å²) >= 11 is 0. The van der Waals surface area contributed by atoms with E-state index in [2.05, 4.69) is 19.2 Å². The van der Waals surface area contributed by atoms with Crippen molar-refractivity contribution < 1.29 is 9.84 Å². The Morgan fingerprint density at radius 2 is 0.892 bits per heavy atom. The zero-order valence-corrected chi connectivity index (χ0v) is 25.9. The first-order valence-electron chi connectivity index (χ1n) is 17.2. The lowest BCUT2D eigenvalue weighted by molar-refractivity contribution is 0.0879. The van der Waals surface area contributed by atoms with Crippen LogP contribution in [0.4, 0.5) is 0 Å². The minimum absolute atomic E-state index is 0.320. The predicted octanol–water partition coefficient (Wildman–Crippen LogP) is 10.4. The molecule has 3 heteroatoms. The van der Waals surface area contributed by atoms with Gasteiger partial charge in [0.25, 0.3) is 0 Å². The molecule has 37 heavy (non-hydrogen) atoms. The van der Waals surface area contributed by atoms with Crippen LogP contribution in [0.15, 0.2) is 0 Å². The van der Waals surface area contributed by atoms with Gasteiger partial charge in [0.15, 0.2) is 0 Å². The van der Waals surface area contributed by atoms with Crippen LogP contribution in [-0.2, 0) is 4.74 Å². The Morgan fingerprint density at radius 1 is 0.486 bits per heavy atom. The highest BCUT2D eigenvalue weighted by Crippen LogP contribution is 2.20. The van der Waals surface area contributed by atoms with E-state index in [1.54, 1.807) is 0 Å². The number of unbranched alkanes of at least 4 members (excludes halogenated alkanes) is 20. The Bertz CT molecular complexity index is 390. The van der Waals surface area contributed by atoms with Crippen molar-refractivity contribution in [2.45, 2.75) is 181 Å². The van der Waals surface area contributed by atoms with Gasteiger partial charge in [0.05, 0.1) is 0 Å². The van der Waals surface area contributed by atoms with E-state index >= 15 is 0 Å². The van der Waals surface area contributed by atoms with E-state index in [4.69, 9.17) is 9.84 Å². The number of rotatable bonds is 33. The summed E-state index contributed by atoms with van der Waals surface area (Å²) in [5.74, 6) is 0.789. The normalized spacial score (nSPS) is 12.4. The summed E-state index contributed by atoms with van der Waals surface area (Å²) in [5, 5.41) is 12.3. The van der Waals surface area contributed by atoms with Gasteiger partial charge < -0.3 is 15.2 Å². The fourth-order valence-electron chi connectivity index (χ4n) is 5.34. The quantitative estimate of drug-likeness (QED) is 0.0837. The first-order valence-corrected chi connectivity index (χ1v) is 17.2. The van der Waals surface area contributed by atoms with E-state index in [-0.39, 0.29) is 0 Å². The largest absolute Gasteiger partial charge is 0.396 e. The lowest BCUT2D eigenvalue weighted by atomic mass is 9.94. The number of nitrogens with one attached hydrogen (secondary N) is 1. The Kier molecular flexibility index (Phi) is 33.8. The first kappa shape index (κ1) is 36.9. The average molecular weight is 526 g/mol. The summed E-state index contributed by atoms with van der Waals surface area (Å²) in [6, 6.07) is 0. The van der Waals surface area contributed by atoms with Crippen LogP contribution < -0.4 is 5.32 Å². The summed E-state index contributed by atoms with van der Waals surface area (Å²) in [5.41, 5.74) is 0. The highest BCUT2D eigenvalue weighted by atomic mass is 16.5. The molecule has 0 spiro atoms. The van der Waals surface area contributed by atoms with Crippen LogP contribution in [0.1, 0.15) is 181 Å². The van der Waals surface area contributed by atoms with Crippen LogP contribution in [0.3, 0.4) is 0 Å². The molecule has 0 aromatic rings. The van der Waals surface area contributed by atoms with Crippen LogP contribution in [-0.4, -0.2) is 38.0 Å². The fraction of sp³-hybridized carbons (Fsp3) is 1.00. The molecule has 0 saturated carbocycles. The third-order valence-corrected chi connectivity index (χ3v) is 7.94. The van der Waals surface area contributed by atoms with Crippen LogP contribution in [0.2, 0.25) is 0 Å². The third kappa shape index (κ3) is 32.0. The van der Waals surface area contributed by atoms with Gasteiger partial charge in [-0.2, -0.15) is 0 Å². The number of aliphatic hydroxyl groups is 1. The molecule has 224 valence electrons. The summed E-state index contributed by atoms with van der Waals surface area (Å²) in [6.45, 7) is 9.04.